The van der Waals surface area contributed by atoms with Crippen molar-refractivity contribution >= 4 is 11.6 Å². The van der Waals surface area contributed by atoms with Crippen LogP contribution in [0.5, 0.6) is 5.75 Å². The van der Waals surface area contributed by atoms with Gasteiger partial charge in [0.25, 0.3) is 0 Å². The molecule has 0 spiro atoms. The number of hydrogen-bond acceptors (Lipinski definition) is 2. The molecule has 3 rings (SSSR count). The Balaban J connectivity index is 1.97. The molecule has 0 aliphatic rings. The Morgan fingerprint density at radius 2 is 1.95 bits per heavy atom. The minimum atomic E-state index is 0.290. The van der Waals surface area contributed by atoms with Gasteiger partial charge in [-0.2, -0.15) is 0 Å². The summed E-state index contributed by atoms with van der Waals surface area (Å²) in [7, 11) is 0. The van der Waals surface area contributed by atoms with Gasteiger partial charge in [-0.3, -0.25) is 0 Å². The van der Waals surface area contributed by atoms with Crippen LogP contribution in [0.15, 0.2) is 60.9 Å². The summed E-state index contributed by atoms with van der Waals surface area (Å²) in [5, 5.41) is 10.5. The summed E-state index contributed by atoms with van der Waals surface area (Å²) in [6.07, 6.45) is 3.64. The number of nitrogens with zero attached hydrogens (tertiary/aromatic N) is 2. The van der Waals surface area contributed by atoms with Crippen molar-refractivity contribution in [2.75, 3.05) is 0 Å². The Labute approximate surface area is 122 Å². The van der Waals surface area contributed by atoms with Crippen LogP contribution in [-0.4, -0.2) is 14.7 Å². The highest BCUT2D eigenvalue weighted by molar-refractivity contribution is 6.30. The molecular formula is C16H13ClN2O. The van der Waals surface area contributed by atoms with Gasteiger partial charge >= 0.3 is 0 Å². The lowest BCUT2D eigenvalue weighted by Crippen LogP contribution is -2.01. The van der Waals surface area contributed by atoms with Crippen LogP contribution in [0.4, 0.5) is 0 Å². The van der Waals surface area contributed by atoms with Crippen LogP contribution in [0.3, 0.4) is 0 Å². The Morgan fingerprint density at radius 3 is 2.75 bits per heavy atom. The van der Waals surface area contributed by atoms with Gasteiger partial charge in [0.05, 0.1) is 6.54 Å². The average Bonchev–Trinajstić information content (AvgIpc) is 2.90. The maximum absolute atomic E-state index is 9.86. The summed E-state index contributed by atoms with van der Waals surface area (Å²) in [5.74, 6) is 1.12. The summed E-state index contributed by atoms with van der Waals surface area (Å²) in [4.78, 5) is 4.38. The van der Waals surface area contributed by atoms with Crippen molar-refractivity contribution < 1.29 is 5.11 Å². The molecule has 0 fully saturated rings. The lowest BCUT2D eigenvalue weighted by atomic mass is 10.2. The third-order valence-corrected chi connectivity index (χ3v) is 3.37. The van der Waals surface area contributed by atoms with Gasteiger partial charge in [-0.1, -0.05) is 41.9 Å². The van der Waals surface area contributed by atoms with E-state index in [1.807, 2.05) is 53.2 Å². The summed E-state index contributed by atoms with van der Waals surface area (Å²) < 4.78 is 1.99. The van der Waals surface area contributed by atoms with Gasteiger partial charge in [-0.15, -0.1) is 0 Å². The fourth-order valence-electron chi connectivity index (χ4n) is 2.15. The van der Waals surface area contributed by atoms with Gasteiger partial charge in [0.1, 0.15) is 11.6 Å². The zero-order valence-electron chi connectivity index (χ0n) is 10.7. The first-order chi connectivity index (χ1) is 9.74. The van der Waals surface area contributed by atoms with Gasteiger partial charge in [0.15, 0.2) is 0 Å². The van der Waals surface area contributed by atoms with E-state index in [-0.39, 0.29) is 0 Å². The van der Waals surface area contributed by atoms with Crippen LogP contribution >= 0.6 is 11.6 Å². The molecule has 1 heterocycles. The molecule has 0 saturated heterocycles. The highest BCUT2D eigenvalue weighted by Gasteiger charge is 2.08. The molecule has 4 heteroatoms. The molecular weight excluding hydrogens is 272 g/mol. The SMILES string of the molecule is Oc1ccccc1Cn1ccnc1-c1cccc(Cl)c1. The highest BCUT2D eigenvalue weighted by Crippen LogP contribution is 2.24. The number of rotatable bonds is 3. The molecule has 3 nitrogen and oxygen atoms in total. The van der Waals surface area contributed by atoms with Crippen LogP contribution in [0, 0.1) is 0 Å². The molecule has 0 unspecified atom stereocenters. The second-order valence-corrected chi connectivity index (χ2v) is 4.95. The first-order valence-electron chi connectivity index (χ1n) is 6.28. The van der Waals surface area contributed by atoms with Gasteiger partial charge in [0.2, 0.25) is 0 Å². The molecule has 0 radical (unpaired) electrons. The van der Waals surface area contributed by atoms with Crippen molar-refractivity contribution in [1.82, 2.24) is 9.55 Å². The number of aromatic nitrogens is 2. The first-order valence-corrected chi connectivity index (χ1v) is 6.66. The van der Waals surface area contributed by atoms with E-state index in [4.69, 9.17) is 11.6 Å². The van der Waals surface area contributed by atoms with Crippen LogP contribution in [-0.2, 0) is 6.54 Å². The third kappa shape index (κ3) is 2.53. The number of phenols is 1. The Kier molecular flexibility index (Phi) is 3.44. The Hall–Kier alpha value is -2.26. The molecule has 1 N–H and O–H groups in total. The van der Waals surface area contributed by atoms with E-state index in [0.29, 0.717) is 17.3 Å². The van der Waals surface area contributed by atoms with Crippen molar-refractivity contribution in [2.45, 2.75) is 6.54 Å². The van der Waals surface area contributed by atoms with Crippen LogP contribution in [0.1, 0.15) is 5.56 Å². The molecule has 0 aliphatic heterocycles. The van der Waals surface area contributed by atoms with E-state index >= 15 is 0 Å². The van der Waals surface area contributed by atoms with Crippen LogP contribution in [0.25, 0.3) is 11.4 Å². The fraction of sp³-hybridized carbons (Fsp3) is 0.0625. The Morgan fingerprint density at radius 1 is 1.10 bits per heavy atom. The van der Waals surface area contributed by atoms with E-state index < -0.39 is 0 Å². The fourth-order valence-corrected chi connectivity index (χ4v) is 2.34. The zero-order valence-corrected chi connectivity index (χ0v) is 11.5. The second-order valence-electron chi connectivity index (χ2n) is 4.52. The standard InChI is InChI=1S/C16H13ClN2O/c17-14-6-3-5-12(10-14)16-18-8-9-19(16)11-13-4-1-2-7-15(13)20/h1-10,20H,11H2. The molecule has 0 saturated carbocycles. The van der Waals surface area contributed by atoms with Crippen molar-refractivity contribution in [3.8, 4) is 17.1 Å². The predicted octanol–water partition coefficient (Wildman–Crippen LogP) is 3.96. The first kappa shape index (κ1) is 12.8. The van der Waals surface area contributed by atoms with Crippen molar-refractivity contribution in [2.24, 2.45) is 0 Å². The molecule has 1 aromatic heterocycles. The molecule has 100 valence electrons. The van der Waals surface area contributed by atoms with Gasteiger partial charge in [-0.05, 0) is 18.2 Å². The van der Waals surface area contributed by atoms with Crippen molar-refractivity contribution in [3.05, 3.63) is 71.5 Å². The summed E-state index contributed by atoms with van der Waals surface area (Å²) in [6.45, 7) is 0.564. The topological polar surface area (TPSA) is 38.0 Å². The maximum Gasteiger partial charge on any atom is 0.140 e. The summed E-state index contributed by atoms with van der Waals surface area (Å²) in [5.41, 5.74) is 1.81. The summed E-state index contributed by atoms with van der Waals surface area (Å²) in [6, 6.07) is 14.9. The number of halogens is 1. The van der Waals surface area contributed by atoms with E-state index in [1.54, 1.807) is 12.3 Å². The monoisotopic (exact) mass is 284 g/mol. The molecule has 0 aliphatic carbocycles. The number of aromatic hydroxyl groups is 1. The molecule has 2 aromatic carbocycles. The van der Waals surface area contributed by atoms with E-state index in [2.05, 4.69) is 4.98 Å². The number of phenolic OH excluding ortho intramolecular Hbond substituents is 1. The third-order valence-electron chi connectivity index (χ3n) is 3.13. The van der Waals surface area contributed by atoms with Crippen molar-refractivity contribution in [3.63, 3.8) is 0 Å². The highest BCUT2D eigenvalue weighted by atomic mass is 35.5. The number of hydrogen-bond donors (Lipinski definition) is 1. The Bertz CT molecular complexity index is 737. The normalized spacial score (nSPS) is 10.7. The maximum atomic E-state index is 9.86. The summed E-state index contributed by atoms with van der Waals surface area (Å²) >= 11 is 6.02. The molecule has 0 atom stereocenters. The van der Waals surface area contributed by atoms with Crippen LogP contribution < -0.4 is 0 Å². The van der Waals surface area contributed by atoms with Gasteiger partial charge in [-0.25, -0.2) is 4.98 Å². The average molecular weight is 285 g/mol. The zero-order chi connectivity index (χ0) is 13.9. The lowest BCUT2D eigenvalue weighted by Gasteiger charge is -2.09. The predicted molar refractivity (Wildman–Crippen MR) is 79.9 cm³/mol. The number of imidazole rings is 1. The second kappa shape index (κ2) is 5.39. The quantitative estimate of drug-likeness (QED) is 0.790. The van der Waals surface area contributed by atoms with E-state index in [0.717, 1.165) is 17.0 Å². The largest absolute Gasteiger partial charge is 0.508 e. The minimum Gasteiger partial charge on any atom is -0.508 e. The van der Waals surface area contributed by atoms with E-state index in [9.17, 15) is 5.11 Å². The minimum absolute atomic E-state index is 0.290. The smallest absolute Gasteiger partial charge is 0.140 e. The number of benzene rings is 2. The lowest BCUT2D eigenvalue weighted by molar-refractivity contribution is 0.466. The van der Waals surface area contributed by atoms with Gasteiger partial charge < -0.3 is 9.67 Å². The van der Waals surface area contributed by atoms with Crippen molar-refractivity contribution in [1.29, 1.82) is 0 Å². The van der Waals surface area contributed by atoms with Crippen LogP contribution in [0.2, 0.25) is 5.02 Å². The molecule has 0 bridgehead atoms. The molecule has 20 heavy (non-hydrogen) atoms. The van der Waals surface area contributed by atoms with Gasteiger partial charge in [0, 0.05) is 28.5 Å². The number of para-hydroxylation sites is 1. The van der Waals surface area contributed by atoms with E-state index in [1.165, 1.54) is 0 Å². The molecule has 0 amide bonds. The molecule has 3 aromatic rings.